The molecule has 7 heteroatoms. The van der Waals surface area contributed by atoms with Crippen LogP contribution in [0.15, 0.2) is 48.5 Å². The van der Waals surface area contributed by atoms with E-state index in [2.05, 4.69) is 29.6 Å². The highest BCUT2D eigenvalue weighted by molar-refractivity contribution is 5.84. The SMILES string of the molecule is CC(C)C(CC(=O)N(C)C(C)C(=O)O)NC(=O)OCC1c2ccccc2-c2ccccc21. The van der Waals surface area contributed by atoms with Crippen molar-refractivity contribution in [2.24, 2.45) is 5.92 Å². The Morgan fingerprint density at radius 1 is 1.00 bits per heavy atom. The topological polar surface area (TPSA) is 95.9 Å². The van der Waals surface area contributed by atoms with E-state index >= 15 is 0 Å². The Labute approximate surface area is 188 Å². The first kappa shape index (κ1) is 23.3. The number of amides is 2. The molecule has 0 aliphatic heterocycles. The third kappa shape index (κ3) is 4.93. The average molecular weight is 439 g/mol. The fraction of sp³-hybridized carbons (Fsp3) is 0.400. The van der Waals surface area contributed by atoms with Gasteiger partial charge in [0.2, 0.25) is 5.91 Å². The molecule has 2 N–H and O–H groups in total. The molecule has 2 atom stereocenters. The number of nitrogens with zero attached hydrogens (tertiary/aromatic N) is 1. The van der Waals surface area contributed by atoms with Crippen LogP contribution in [0.25, 0.3) is 11.1 Å². The Balaban J connectivity index is 1.63. The highest BCUT2D eigenvalue weighted by atomic mass is 16.5. The van der Waals surface area contributed by atoms with Gasteiger partial charge in [-0.1, -0.05) is 62.4 Å². The molecule has 2 unspecified atom stereocenters. The van der Waals surface area contributed by atoms with Gasteiger partial charge in [-0.3, -0.25) is 4.79 Å². The van der Waals surface area contributed by atoms with Crippen LogP contribution in [-0.4, -0.2) is 53.7 Å². The van der Waals surface area contributed by atoms with Crippen LogP contribution in [0.1, 0.15) is 44.2 Å². The molecule has 2 aromatic carbocycles. The number of nitrogens with one attached hydrogen (secondary N) is 1. The van der Waals surface area contributed by atoms with E-state index in [1.165, 1.54) is 18.9 Å². The van der Waals surface area contributed by atoms with E-state index in [-0.39, 0.29) is 30.8 Å². The van der Waals surface area contributed by atoms with Gasteiger partial charge in [-0.15, -0.1) is 0 Å². The van der Waals surface area contributed by atoms with Crippen molar-refractivity contribution in [1.82, 2.24) is 10.2 Å². The Morgan fingerprint density at radius 2 is 1.53 bits per heavy atom. The van der Waals surface area contributed by atoms with E-state index in [1.54, 1.807) is 0 Å². The number of rotatable bonds is 8. The van der Waals surface area contributed by atoms with Crippen molar-refractivity contribution >= 4 is 18.0 Å². The summed E-state index contributed by atoms with van der Waals surface area (Å²) in [4.78, 5) is 37.4. The van der Waals surface area contributed by atoms with Gasteiger partial charge in [0.15, 0.2) is 0 Å². The number of carboxylic acids is 1. The van der Waals surface area contributed by atoms with Crippen LogP contribution in [-0.2, 0) is 14.3 Å². The molecular weight excluding hydrogens is 408 g/mol. The second kappa shape index (κ2) is 9.85. The lowest BCUT2D eigenvalue weighted by Crippen LogP contribution is -2.46. The fourth-order valence-corrected chi connectivity index (χ4v) is 3.96. The number of hydrogen-bond donors (Lipinski definition) is 2. The van der Waals surface area contributed by atoms with E-state index in [0.717, 1.165) is 22.3 Å². The molecule has 0 radical (unpaired) electrons. The number of alkyl carbamates (subject to hydrolysis) is 1. The van der Waals surface area contributed by atoms with E-state index < -0.39 is 24.1 Å². The molecular formula is C25H30N2O5. The van der Waals surface area contributed by atoms with Crippen LogP contribution in [0, 0.1) is 5.92 Å². The van der Waals surface area contributed by atoms with Crippen molar-refractivity contribution in [3.63, 3.8) is 0 Å². The van der Waals surface area contributed by atoms with Crippen LogP contribution < -0.4 is 5.32 Å². The molecule has 170 valence electrons. The number of benzene rings is 2. The second-order valence-corrected chi connectivity index (χ2v) is 8.54. The van der Waals surface area contributed by atoms with E-state index in [0.29, 0.717) is 0 Å². The smallest absolute Gasteiger partial charge is 0.407 e. The lowest BCUT2D eigenvalue weighted by atomic mass is 9.98. The van der Waals surface area contributed by atoms with Gasteiger partial charge in [0, 0.05) is 25.4 Å². The summed E-state index contributed by atoms with van der Waals surface area (Å²) in [6.45, 7) is 5.42. The fourth-order valence-electron chi connectivity index (χ4n) is 3.96. The minimum atomic E-state index is -1.08. The molecule has 1 aliphatic carbocycles. The molecule has 32 heavy (non-hydrogen) atoms. The number of carbonyl (C=O) groups excluding carboxylic acids is 2. The lowest BCUT2D eigenvalue weighted by Gasteiger charge is -2.27. The summed E-state index contributed by atoms with van der Waals surface area (Å²) in [5.74, 6) is -1.51. The number of hydrogen-bond acceptors (Lipinski definition) is 4. The van der Waals surface area contributed by atoms with Gasteiger partial charge >= 0.3 is 12.1 Å². The monoisotopic (exact) mass is 438 g/mol. The first-order valence-electron chi connectivity index (χ1n) is 10.8. The van der Waals surface area contributed by atoms with Crippen molar-refractivity contribution in [3.8, 4) is 11.1 Å². The molecule has 0 saturated heterocycles. The molecule has 0 heterocycles. The zero-order chi connectivity index (χ0) is 23.4. The molecule has 0 aromatic heterocycles. The minimum Gasteiger partial charge on any atom is -0.480 e. The lowest BCUT2D eigenvalue weighted by molar-refractivity contribution is -0.148. The Hall–Kier alpha value is -3.35. The van der Waals surface area contributed by atoms with Crippen molar-refractivity contribution in [1.29, 1.82) is 0 Å². The highest BCUT2D eigenvalue weighted by Gasteiger charge is 2.30. The molecule has 2 aromatic rings. The Kier molecular flexibility index (Phi) is 7.18. The first-order chi connectivity index (χ1) is 15.2. The van der Waals surface area contributed by atoms with E-state index in [9.17, 15) is 14.4 Å². The van der Waals surface area contributed by atoms with E-state index in [4.69, 9.17) is 9.84 Å². The number of carboxylic acid groups (broad SMARTS) is 1. The Bertz CT molecular complexity index is 958. The van der Waals surface area contributed by atoms with Gasteiger partial charge < -0.3 is 20.1 Å². The predicted octanol–water partition coefficient (Wildman–Crippen LogP) is 3.87. The third-order valence-corrected chi connectivity index (χ3v) is 6.18. The number of likely N-dealkylation sites (N-methyl/N-ethyl adjacent to an activating group) is 1. The number of carbonyl (C=O) groups is 3. The maximum absolute atomic E-state index is 12.6. The largest absolute Gasteiger partial charge is 0.480 e. The number of aliphatic carboxylic acids is 1. The number of fused-ring (bicyclic) bond motifs is 3. The van der Waals surface area contributed by atoms with Crippen LogP contribution in [0.2, 0.25) is 0 Å². The van der Waals surface area contributed by atoms with Gasteiger partial charge in [-0.2, -0.15) is 0 Å². The molecule has 7 nitrogen and oxygen atoms in total. The quantitative estimate of drug-likeness (QED) is 0.652. The van der Waals surface area contributed by atoms with Gasteiger partial charge in [0.05, 0.1) is 0 Å². The van der Waals surface area contributed by atoms with Crippen LogP contribution in [0.5, 0.6) is 0 Å². The summed E-state index contributed by atoms with van der Waals surface area (Å²) in [5.41, 5.74) is 4.56. The van der Waals surface area contributed by atoms with Gasteiger partial charge in [0.1, 0.15) is 12.6 Å². The van der Waals surface area contributed by atoms with Crippen molar-refractivity contribution in [3.05, 3.63) is 59.7 Å². The normalized spacial score (nSPS) is 14.3. The Morgan fingerprint density at radius 3 is 2.03 bits per heavy atom. The zero-order valence-electron chi connectivity index (χ0n) is 18.9. The predicted molar refractivity (Wildman–Crippen MR) is 121 cm³/mol. The van der Waals surface area contributed by atoms with Crippen molar-refractivity contribution in [2.75, 3.05) is 13.7 Å². The molecule has 0 spiro atoms. The van der Waals surface area contributed by atoms with Crippen LogP contribution in [0.3, 0.4) is 0 Å². The first-order valence-corrected chi connectivity index (χ1v) is 10.8. The number of ether oxygens (including phenoxy) is 1. The summed E-state index contributed by atoms with van der Waals surface area (Å²) in [7, 11) is 1.45. The molecule has 0 fully saturated rings. The zero-order valence-corrected chi connectivity index (χ0v) is 18.9. The molecule has 1 aliphatic rings. The maximum Gasteiger partial charge on any atom is 0.407 e. The second-order valence-electron chi connectivity index (χ2n) is 8.54. The summed E-state index contributed by atoms with van der Waals surface area (Å²) >= 11 is 0. The van der Waals surface area contributed by atoms with Gasteiger partial charge in [0.25, 0.3) is 0 Å². The van der Waals surface area contributed by atoms with Gasteiger partial charge in [-0.25, -0.2) is 9.59 Å². The van der Waals surface area contributed by atoms with Crippen LogP contribution in [0.4, 0.5) is 4.79 Å². The van der Waals surface area contributed by atoms with Crippen LogP contribution >= 0.6 is 0 Å². The van der Waals surface area contributed by atoms with Crippen molar-refractivity contribution in [2.45, 2.75) is 45.2 Å². The third-order valence-electron chi connectivity index (χ3n) is 6.18. The summed E-state index contributed by atoms with van der Waals surface area (Å²) < 4.78 is 5.58. The molecule has 0 bridgehead atoms. The van der Waals surface area contributed by atoms with E-state index in [1.807, 2.05) is 38.1 Å². The summed E-state index contributed by atoms with van der Waals surface area (Å²) in [5, 5.41) is 11.9. The minimum absolute atomic E-state index is 0.00399. The highest BCUT2D eigenvalue weighted by Crippen LogP contribution is 2.44. The maximum atomic E-state index is 12.6. The molecule has 3 rings (SSSR count). The van der Waals surface area contributed by atoms with Gasteiger partial charge in [-0.05, 0) is 35.1 Å². The molecule has 2 amide bonds. The molecule has 0 saturated carbocycles. The summed E-state index contributed by atoms with van der Waals surface area (Å²) in [6, 6.07) is 14.8. The van der Waals surface area contributed by atoms with Crippen molar-refractivity contribution < 1.29 is 24.2 Å². The standard InChI is InChI=1S/C25H30N2O5/c1-15(2)22(13-23(28)27(4)16(3)24(29)30)26-25(31)32-14-21-19-11-7-5-9-17(19)18-10-6-8-12-20(18)21/h5-12,15-16,21-22H,13-14H2,1-4H3,(H,26,31)(H,29,30). The average Bonchev–Trinajstić information content (AvgIpc) is 3.09. The summed E-state index contributed by atoms with van der Waals surface area (Å²) in [6.07, 6.45) is -0.594.